The lowest BCUT2D eigenvalue weighted by Gasteiger charge is -2.31. The molecule has 2 amide bonds. The van der Waals surface area contributed by atoms with Gasteiger partial charge < -0.3 is 25.6 Å². The molecular weight excluding hydrogens is 502 g/mol. The van der Waals surface area contributed by atoms with Crippen molar-refractivity contribution in [3.05, 3.63) is 84.4 Å². The predicted molar refractivity (Wildman–Crippen MR) is 159 cm³/mol. The first kappa shape index (κ1) is 27.8. The molecule has 0 atom stereocenters. The number of carbonyl (C=O) groups is 2. The zero-order valence-electron chi connectivity index (χ0n) is 22.9. The molecule has 0 aromatic heterocycles. The largest absolute Gasteiger partial charge is 0.446 e. The molecule has 1 saturated carbocycles. The molecule has 8 heteroatoms. The van der Waals surface area contributed by atoms with Gasteiger partial charge in [0.2, 0.25) is 5.91 Å². The number of nitrogens with zero attached hydrogens (tertiary/aromatic N) is 1. The summed E-state index contributed by atoms with van der Waals surface area (Å²) >= 11 is 0. The molecule has 4 N–H and O–H groups in total. The van der Waals surface area contributed by atoms with Crippen LogP contribution in [0, 0.1) is 0 Å². The first-order valence-corrected chi connectivity index (χ1v) is 14.3. The third-order valence-corrected chi connectivity index (χ3v) is 7.33. The Kier molecular flexibility index (Phi) is 9.79. The van der Waals surface area contributed by atoms with Gasteiger partial charge >= 0.3 is 6.09 Å². The van der Waals surface area contributed by atoms with Crippen molar-refractivity contribution in [3.8, 4) is 11.1 Å². The highest BCUT2D eigenvalue weighted by Crippen LogP contribution is 2.28. The van der Waals surface area contributed by atoms with E-state index in [0.717, 1.165) is 73.6 Å². The standard InChI is InChI=1S/C32H39N5O3/c38-31(23-34-26-13-14-26)35-27-10-6-7-24(21-27)22-33-17-20-37-18-15-28(16-19-37)40-32(39)36-30-12-5-4-11-29(30)25-8-2-1-3-9-25/h1-12,21,26,28,33-34H,13-20,22-23H2,(H,35,38)(H,36,39). The second kappa shape index (κ2) is 14.1. The van der Waals surface area contributed by atoms with Crippen LogP contribution in [-0.2, 0) is 16.1 Å². The van der Waals surface area contributed by atoms with Crippen molar-refractivity contribution in [1.82, 2.24) is 15.5 Å². The summed E-state index contributed by atoms with van der Waals surface area (Å²) in [7, 11) is 0. The van der Waals surface area contributed by atoms with Crippen molar-refractivity contribution >= 4 is 23.4 Å². The molecule has 0 radical (unpaired) electrons. The van der Waals surface area contributed by atoms with Crippen LogP contribution in [0.1, 0.15) is 31.2 Å². The summed E-state index contributed by atoms with van der Waals surface area (Å²) < 4.78 is 5.76. The maximum Gasteiger partial charge on any atom is 0.411 e. The van der Waals surface area contributed by atoms with E-state index < -0.39 is 6.09 Å². The van der Waals surface area contributed by atoms with E-state index in [-0.39, 0.29) is 12.0 Å². The lowest BCUT2D eigenvalue weighted by atomic mass is 10.0. The Morgan fingerprint density at radius 3 is 2.42 bits per heavy atom. The molecule has 2 fully saturated rings. The Bertz CT molecular complexity index is 1260. The Hall–Kier alpha value is -3.72. The number of nitrogens with one attached hydrogen (secondary N) is 4. The predicted octanol–water partition coefficient (Wildman–Crippen LogP) is 4.85. The van der Waals surface area contributed by atoms with E-state index in [1.807, 2.05) is 72.8 Å². The van der Waals surface area contributed by atoms with Gasteiger partial charge in [-0.15, -0.1) is 0 Å². The lowest BCUT2D eigenvalue weighted by Crippen LogP contribution is -2.41. The smallest absolute Gasteiger partial charge is 0.411 e. The highest BCUT2D eigenvalue weighted by Gasteiger charge is 2.23. The van der Waals surface area contributed by atoms with E-state index in [4.69, 9.17) is 4.74 Å². The molecule has 0 spiro atoms. The van der Waals surface area contributed by atoms with Crippen LogP contribution in [0.5, 0.6) is 0 Å². The number of piperidine rings is 1. The molecule has 1 saturated heterocycles. The molecule has 1 aliphatic carbocycles. The van der Waals surface area contributed by atoms with Gasteiger partial charge in [0.25, 0.3) is 0 Å². The van der Waals surface area contributed by atoms with E-state index in [1.165, 1.54) is 12.8 Å². The fraction of sp³-hybridized carbons (Fsp3) is 0.375. The second-order valence-electron chi connectivity index (χ2n) is 10.6. The lowest BCUT2D eigenvalue weighted by molar-refractivity contribution is -0.115. The maximum absolute atomic E-state index is 12.7. The summed E-state index contributed by atoms with van der Waals surface area (Å²) in [6, 6.07) is 26.3. The molecular formula is C32H39N5O3. The topological polar surface area (TPSA) is 94.7 Å². The van der Waals surface area contributed by atoms with Crippen molar-refractivity contribution < 1.29 is 14.3 Å². The van der Waals surface area contributed by atoms with Gasteiger partial charge in [0.05, 0.1) is 12.2 Å². The van der Waals surface area contributed by atoms with Crippen LogP contribution in [0.15, 0.2) is 78.9 Å². The number of amides is 2. The van der Waals surface area contributed by atoms with Crippen LogP contribution in [0.4, 0.5) is 16.2 Å². The van der Waals surface area contributed by atoms with Gasteiger partial charge in [0.15, 0.2) is 0 Å². The van der Waals surface area contributed by atoms with Crippen molar-refractivity contribution in [2.75, 3.05) is 43.4 Å². The Morgan fingerprint density at radius 2 is 1.62 bits per heavy atom. The summed E-state index contributed by atoms with van der Waals surface area (Å²) in [5, 5.41) is 12.7. The SMILES string of the molecule is O=C(CNC1CC1)Nc1cccc(CNCCN2CCC(OC(=O)Nc3ccccc3-c3ccccc3)CC2)c1. The van der Waals surface area contributed by atoms with Crippen LogP contribution < -0.4 is 21.3 Å². The van der Waals surface area contributed by atoms with Crippen molar-refractivity contribution in [2.45, 2.75) is 44.4 Å². The molecule has 1 heterocycles. The number of hydrogen-bond acceptors (Lipinski definition) is 6. The van der Waals surface area contributed by atoms with E-state index >= 15 is 0 Å². The maximum atomic E-state index is 12.7. The minimum absolute atomic E-state index is 0.00104. The van der Waals surface area contributed by atoms with E-state index in [2.05, 4.69) is 32.2 Å². The molecule has 0 bridgehead atoms. The quantitative estimate of drug-likeness (QED) is 0.245. The molecule has 1 aliphatic heterocycles. The van der Waals surface area contributed by atoms with Crippen LogP contribution in [0.3, 0.4) is 0 Å². The van der Waals surface area contributed by atoms with E-state index in [0.29, 0.717) is 12.6 Å². The second-order valence-corrected chi connectivity index (χ2v) is 10.6. The average molecular weight is 542 g/mol. The zero-order chi connectivity index (χ0) is 27.6. The highest BCUT2D eigenvalue weighted by atomic mass is 16.6. The molecule has 3 aromatic carbocycles. The molecule has 0 unspecified atom stereocenters. The molecule has 40 heavy (non-hydrogen) atoms. The van der Waals surface area contributed by atoms with Crippen LogP contribution >= 0.6 is 0 Å². The van der Waals surface area contributed by atoms with Gasteiger partial charge in [0, 0.05) is 50.0 Å². The van der Waals surface area contributed by atoms with Gasteiger partial charge in [0.1, 0.15) is 6.10 Å². The minimum atomic E-state index is -0.402. The third kappa shape index (κ3) is 8.64. The Balaban J connectivity index is 0.980. The summed E-state index contributed by atoms with van der Waals surface area (Å²) in [6.45, 7) is 4.71. The van der Waals surface area contributed by atoms with E-state index in [1.54, 1.807) is 0 Å². The first-order valence-electron chi connectivity index (χ1n) is 14.3. The fourth-order valence-electron chi connectivity index (χ4n) is 4.96. The fourth-order valence-corrected chi connectivity index (χ4v) is 4.96. The number of para-hydroxylation sites is 1. The summed E-state index contributed by atoms with van der Waals surface area (Å²) in [5.41, 5.74) is 4.74. The van der Waals surface area contributed by atoms with E-state index in [9.17, 15) is 9.59 Å². The monoisotopic (exact) mass is 541 g/mol. The molecule has 8 nitrogen and oxygen atoms in total. The average Bonchev–Trinajstić information content (AvgIpc) is 3.81. The number of anilines is 2. The van der Waals surface area contributed by atoms with Gasteiger partial charge in [-0.1, -0.05) is 60.7 Å². The zero-order valence-corrected chi connectivity index (χ0v) is 22.9. The summed E-state index contributed by atoms with van der Waals surface area (Å²) in [6.07, 6.45) is 3.51. The van der Waals surface area contributed by atoms with Gasteiger partial charge in [-0.3, -0.25) is 10.1 Å². The minimum Gasteiger partial charge on any atom is -0.446 e. The molecule has 210 valence electrons. The Morgan fingerprint density at radius 1 is 0.850 bits per heavy atom. The van der Waals surface area contributed by atoms with Crippen molar-refractivity contribution in [2.24, 2.45) is 0 Å². The Labute approximate surface area is 236 Å². The number of rotatable bonds is 12. The van der Waals surface area contributed by atoms with Crippen LogP contribution in [0.2, 0.25) is 0 Å². The summed E-state index contributed by atoms with van der Waals surface area (Å²) in [5.74, 6) is -0.00104. The first-order chi connectivity index (χ1) is 19.6. The summed E-state index contributed by atoms with van der Waals surface area (Å²) in [4.78, 5) is 27.2. The van der Waals surface area contributed by atoms with Crippen LogP contribution in [-0.4, -0.2) is 61.8 Å². The molecule has 3 aromatic rings. The van der Waals surface area contributed by atoms with Gasteiger partial charge in [-0.05, 0) is 55.0 Å². The normalized spacial score (nSPS) is 15.9. The highest BCUT2D eigenvalue weighted by molar-refractivity contribution is 5.92. The van der Waals surface area contributed by atoms with Gasteiger partial charge in [-0.25, -0.2) is 4.79 Å². The molecule has 5 rings (SSSR count). The van der Waals surface area contributed by atoms with Crippen molar-refractivity contribution in [3.63, 3.8) is 0 Å². The van der Waals surface area contributed by atoms with Crippen molar-refractivity contribution in [1.29, 1.82) is 0 Å². The third-order valence-electron chi connectivity index (χ3n) is 7.33. The number of benzene rings is 3. The molecule has 2 aliphatic rings. The van der Waals surface area contributed by atoms with Crippen LogP contribution in [0.25, 0.3) is 11.1 Å². The number of hydrogen-bond donors (Lipinski definition) is 4. The number of carbonyl (C=O) groups excluding carboxylic acids is 2. The van der Waals surface area contributed by atoms with Gasteiger partial charge in [-0.2, -0.15) is 0 Å². The number of likely N-dealkylation sites (tertiary alicyclic amines) is 1. The number of ether oxygens (including phenoxy) is 1.